The molecule has 7 heteroatoms. The van der Waals surface area contributed by atoms with Crippen molar-refractivity contribution in [3.8, 4) is 0 Å². The van der Waals surface area contributed by atoms with Gasteiger partial charge in [-0.1, -0.05) is 90.4 Å². The summed E-state index contributed by atoms with van der Waals surface area (Å²) in [5.41, 5.74) is 0. The van der Waals surface area contributed by atoms with Crippen LogP contribution in [0, 0.1) is 0 Å². The molecule has 0 aliphatic carbocycles. The van der Waals surface area contributed by atoms with E-state index in [-0.39, 0.29) is 5.91 Å². The van der Waals surface area contributed by atoms with Gasteiger partial charge in [0.25, 0.3) is 0 Å². The molecule has 1 fully saturated rings. The monoisotopic (exact) mass is 445 g/mol. The number of unbranched alkanes of at least 4 members (excludes halogenated alkanes) is 13. The molecule has 1 amide bonds. The van der Waals surface area contributed by atoms with Gasteiger partial charge in [0, 0.05) is 13.5 Å². The summed E-state index contributed by atoms with van der Waals surface area (Å²) < 4.78 is 11.3. The van der Waals surface area contributed by atoms with Crippen LogP contribution in [0.1, 0.15) is 104 Å². The maximum absolute atomic E-state index is 11.4. The van der Waals surface area contributed by atoms with E-state index >= 15 is 0 Å². The second-order valence-corrected chi connectivity index (χ2v) is 8.90. The van der Waals surface area contributed by atoms with Gasteiger partial charge >= 0.3 is 0 Å². The Morgan fingerprint density at radius 1 is 0.839 bits per heavy atom. The molecule has 0 spiro atoms. The van der Waals surface area contributed by atoms with E-state index in [0.29, 0.717) is 6.61 Å². The molecular weight excluding hydrogens is 398 g/mol. The fourth-order valence-electron chi connectivity index (χ4n) is 4.11. The first-order chi connectivity index (χ1) is 15.0. The topological polar surface area (TPSA) is 108 Å². The lowest BCUT2D eigenvalue weighted by atomic mass is 9.97. The highest BCUT2D eigenvalue weighted by atomic mass is 16.7. The normalized spacial score (nSPS) is 26.2. The van der Waals surface area contributed by atoms with Crippen LogP contribution in [-0.4, -0.2) is 65.1 Å². The molecule has 1 saturated heterocycles. The Hall–Kier alpha value is -0.730. The van der Waals surface area contributed by atoms with Crippen LogP contribution in [0.4, 0.5) is 0 Å². The number of ether oxygens (including phenoxy) is 2. The van der Waals surface area contributed by atoms with Crippen molar-refractivity contribution in [3.05, 3.63) is 0 Å². The van der Waals surface area contributed by atoms with Crippen molar-refractivity contribution in [2.75, 3.05) is 13.2 Å². The zero-order chi connectivity index (χ0) is 22.9. The first-order valence-electron chi connectivity index (χ1n) is 12.5. The number of nitrogens with one attached hydrogen (secondary N) is 1. The molecule has 5 atom stereocenters. The summed E-state index contributed by atoms with van der Waals surface area (Å²) in [4.78, 5) is 11.4. The number of aliphatic hydroxyl groups excluding tert-OH is 3. The zero-order valence-electron chi connectivity index (χ0n) is 19.8. The SMILES string of the molecule is CCCCCCCCCCCCCCCCO[C@@H]1O[C@H](CO)[C@H](O)[C@@H](O)[C@@H]1NC(C)=O. The number of carbonyl (C=O) groups excluding carboxylic acids is 1. The highest BCUT2D eigenvalue weighted by Crippen LogP contribution is 2.22. The van der Waals surface area contributed by atoms with Gasteiger partial charge in [0.15, 0.2) is 6.29 Å². The molecular formula is C24H47NO6. The lowest BCUT2D eigenvalue weighted by Crippen LogP contribution is -2.64. The third-order valence-electron chi connectivity index (χ3n) is 6.03. The van der Waals surface area contributed by atoms with Crippen molar-refractivity contribution < 1.29 is 29.6 Å². The third kappa shape index (κ3) is 12.2. The van der Waals surface area contributed by atoms with Gasteiger partial charge in [-0.25, -0.2) is 0 Å². The van der Waals surface area contributed by atoms with Gasteiger partial charge < -0.3 is 30.1 Å². The molecule has 7 nitrogen and oxygen atoms in total. The van der Waals surface area contributed by atoms with Crippen molar-refractivity contribution in [1.82, 2.24) is 5.32 Å². The molecule has 0 saturated carbocycles. The lowest BCUT2D eigenvalue weighted by molar-refractivity contribution is -0.270. The van der Waals surface area contributed by atoms with Gasteiger partial charge in [-0.3, -0.25) is 4.79 Å². The summed E-state index contributed by atoms with van der Waals surface area (Å²) in [5.74, 6) is -0.340. The van der Waals surface area contributed by atoms with E-state index in [4.69, 9.17) is 9.47 Å². The summed E-state index contributed by atoms with van der Waals surface area (Å²) >= 11 is 0. The maximum Gasteiger partial charge on any atom is 0.217 e. The van der Waals surface area contributed by atoms with Crippen molar-refractivity contribution in [2.45, 2.75) is 134 Å². The Morgan fingerprint density at radius 2 is 1.32 bits per heavy atom. The Labute approximate surface area is 188 Å². The van der Waals surface area contributed by atoms with E-state index in [1.165, 1.54) is 84.0 Å². The molecule has 0 aromatic heterocycles. The van der Waals surface area contributed by atoms with E-state index in [1.54, 1.807) is 0 Å². The van der Waals surface area contributed by atoms with Crippen LogP contribution < -0.4 is 5.32 Å². The van der Waals surface area contributed by atoms with E-state index in [9.17, 15) is 20.1 Å². The van der Waals surface area contributed by atoms with E-state index < -0.39 is 37.3 Å². The first-order valence-corrected chi connectivity index (χ1v) is 12.5. The predicted octanol–water partition coefficient (Wildman–Crippen LogP) is 3.43. The molecule has 0 aromatic rings. The maximum atomic E-state index is 11.4. The molecule has 4 N–H and O–H groups in total. The van der Waals surface area contributed by atoms with Crippen LogP contribution in [0.15, 0.2) is 0 Å². The number of rotatable bonds is 18. The number of carbonyl (C=O) groups is 1. The molecule has 1 aliphatic rings. The predicted molar refractivity (Wildman–Crippen MR) is 122 cm³/mol. The number of hydrogen-bond acceptors (Lipinski definition) is 6. The summed E-state index contributed by atoms with van der Waals surface area (Å²) in [5, 5.41) is 32.2. The Kier molecular flexibility index (Phi) is 16.2. The smallest absolute Gasteiger partial charge is 0.217 e. The van der Waals surface area contributed by atoms with Gasteiger partial charge in [-0.05, 0) is 6.42 Å². The highest BCUT2D eigenvalue weighted by Gasteiger charge is 2.45. The van der Waals surface area contributed by atoms with E-state index in [2.05, 4.69) is 12.2 Å². The number of aliphatic hydroxyl groups is 3. The molecule has 0 bridgehead atoms. The van der Waals surface area contributed by atoms with Crippen LogP contribution in [-0.2, 0) is 14.3 Å². The van der Waals surface area contributed by atoms with Crippen LogP contribution in [0.3, 0.4) is 0 Å². The molecule has 1 rings (SSSR count). The minimum absolute atomic E-state index is 0.340. The highest BCUT2D eigenvalue weighted by molar-refractivity contribution is 5.73. The van der Waals surface area contributed by atoms with Crippen LogP contribution >= 0.6 is 0 Å². The summed E-state index contributed by atoms with van der Waals surface area (Å²) in [6.07, 6.45) is 13.6. The van der Waals surface area contributed by atoms with Crippen molar-refractivity contribution in [1.29, 1.82) is 0 Å². The third-order valence-corrected chi connectivity index (χ3v) is 6.03. The first kappa shape index (κ1) is 28.3. The van der Waals surface area contributed by atoms with E-state index in [1.807, 2.05) is 0 Å². The Morgan fingerprint density at radius 3 is 1.77 bits per heavy atom. The summed E-state index contributed by atoms with van der Waals surface area (Å²) in [6, 6.07) is -0.859. The van der Waals surface area contributed by atoms with Gasteiger partial charge in [-0.2, -0.15) is 0 Å². The lowest BCUT2D eigenvalue weighted by Gasteiger charge is -2.42. The minimum Gasteiger partial charge on any atom is -0.394 e. The number of hydrogen-bond donors (Lipinski definition) is 4. The van der Waals surface area contributed by atoms with Crippen molar-refractivity contribution in [2.24, 2.45) is 0 Å². The number of amides is 1. The minimum atomic E-state index is -1.28. The van der Waals surface area contributed by atoms with Gasteiger partial charge in [0.2, 0.25) is 5.91 Å². The van der Waals surface area contributed by atoms with Crippen LogP contribution in [0.5, 0.6) is 0 Å². The van der Waals surface area contributed by atoms with Crippen LogP contribution in [0.25, 0.3) is 0 Å². The van der Waals surface area contributed by atoms with Gasteiger partial charge in [0.05, 0.1) is 6.61 Å². The quantitative estimate of drug-likeness (QED) is 0.241. The van der Waals surface area contributed by atoms with Crippen LogP contribution in [0.2, 0.25) is 0 Å². The average molecular weight is 446 g/mol. The Balaban J connectivity index is 2.07. The fraction of sp³-hybridized carbons (Fsp3) is 0.958. The Bertz CT molecular complexity index is 450. The molecule has 31 heavy (non-hydrogen) atoms. The second kappa shape index (κ2) is 17.8. The average Bonchev–Trinajstić information content (AvgIpc) is 2.75. The van der Waals surface area contributed by atoms with Crippen molar-refractivity contribution >= 4 is 5.91 Å². The molecule has 0 radical (unpaired) electrons. The van der Waals surface area contributed by atoms with Gasteiger partial charge in [0.1, 0.15) is 24.4 Å². The fourth-order valence-corrected chi connectivity index (χ4v) is 4.11. The summed E-state index contributed by atoms with van der Waals surface area (Å²) in [7, 11) is 0. The summed E-state index contributed by atoms with van der Waals surface area (Å²) in [6.45, 7) is 3.61. The molecule has 0 aromatic carbocycles. The standard InChI is InChI=1S/C24H47NO6/c1-3-4-5-6-7-8-9-10-11-12-13-14-15-16-17-30-24-21(25-19(2)27)23(29)22(28)20(18-26)31-24/h20-24,26,28-29H,3-18H2,1-2H3,(H,25,27)/t20-,21+,22+,23+,24-/m1/s1. The molecule has 1 aliphatic heterocycles. The largest absolute Gasteiger partial charge is 0.394 e. The van der Waals surface area contributed by atoms with E-state index in [0.717, 1.165) is 12.8 Å². The molecule has 1 heterocycles. The molecule has 184 valence electrons. The second-order valence-electron chi connectivity index (χ2n) is 8.90. The zero-order valence-corrected chi connectivity index (χ0v) is 19.8. The van der Waals surface area contributed by atoms with Gasteiger partial charge in [-0.15, -0.1) is 0 Å². The molecule has 0 unspecified atom stereocenters. The van der Waals surface area contributed by atoms with Crippen molar-refractivity contribution in [3.63, 3.8) is 0 Å².